The third-order valence-corrected chi connectivity index (χ3v) is 6.91. The number of hydrogen-bond donors (Lipinski definition) is 1. The number of likely N-dealkylation sites (tertiary alicyclic amines) is 1. The Morgan fingerprint density at radius 2 is 1.96 bits per heavy atom. The molecule has 4 aliphatic rings. The number of amides is 1. The van der Waals surface area contributed by atoms with Gasteiger partial charge in [-0.15, -0.1) is 12.4 Å². The molecule has 2 heterocycles. The summed E-state index contributed by atoms with van der Waals surface area (Å²) in [6.45, 7) is 6.36. The van der Waals surface area contributed by atoms with Crippen LogP contribution in [0.25, 0.3) is 0 Å². The van der Waals surface area contributed by atoms with Gasteiger partial charge in [-0.1, -0.05) is 24.3 Å². The average Bonchev–Trinajstić information content (AvgIpc) is 2.99. The molecule has 0 aromatic heterocycles. The van der Waals surface area contributed by atoms with Gasteiger partial charge in [0.05, 0.1) is 0 Å². The maximum absolute atomic E-state index is 13.1. The first kappa shape index (κ1) is 17.3. The Bertz CT molecular complexity index is 660. The minimum absolute atomic E-state index is 0. The Hall–Kier alpha value is -1.10. The number of nitrogens with zero attached hydrogens (tertiary/aromatic N) is 2. The molecule has 1 spiro atoms. The zero-order chi connectivity index (χ0) is 16.1. The second kappa shape index (κ2) is 6.57. The SMILES string of the molecule is Cl.O=C(C1CC12CCc1ccccc12)N1CCC(N2CCNCC2)C1. The molecule has 25 heavy (non-hydrogen) atoms. The van der Waals surface area contributed by atoms with Crippen LogP contribution in [0, 0.1) is 5.92 Å². The van der Waals surface area contributed by atoms with E-state index in [0.717, 1.165) is 58.5 Å². The predicted octanol–water partition coefficient (Wildman–Crippen LogP) is 1.82. The highest BCUT2D eigenvalue weighted by Crippen LogP contribution is 2.62. The van der Waals surface area contributed by atoms with Crippen molar-refractivity contribution in [1.82, 2.24) is 15.1 Å². The number of piperazine rings is 1. The predicted molar refractivity (Wildman–Crippen MR) is 101 cm³/mol. The molecule has 1 aromatic carbocycles. The lowest BCUT2D eigenvalue weighted by Gasteiger charge is -2.32. The van der Waals surface area contributed by atoms with Crippen molar-refractivity contribution in [3.8, 4) is 0 Å². The fraction of sp³-hybridized carbons (Fsp3) is 0.650. The second-order valence-corrected chi connectivity index (χ2v) is 8.08. The smallest absolute Gasteiger partial charge is 0.226 e. The van der Waals surface area contributed by atoms with E-state index in [1.807, 2.05) is 0 Å². The average molecular weight is 362 g/mol. The number of nitrogens with one attached hydrogen (secondary N) is 1. The van der Waals surface area contributed by atoms with E-state index in [9.17, 15) is 4.79 Å². The number of fused-ring (bicyclic) bond motifs is 2. The van der Waals surface area contributed by atoms with Crippen LogP contribution < -0.4 is 5.32 Å². The molecule has 4 nitrogen and oxygen atoms in total. The number of benzene rings is 1. The monoisotopic (exact) mass is 361 g/mol. The van der Waals surface area contributed by atoms with Gasteiger partial charge in [-0.3, -0.25) is 9.69 Å². The van der Waals surface area contributed by atoms with Gasteiger partial charge in [-0.05, 0) is 36.8 Å². The summed E-state index contributed by atoms with van der Waals surface area (Å²) >= 11 is 0. The van der Waals surface area contributed by atoms with E-state index in [1.165, 1.54) is 17.5 Å². The van der Waals surface area contributed by atoms with Crippen LogP contribution in [0.4, 0.5) is 0 Å². The zero-order valence-corrected chi connectivity index (χ0v) is 15.6. The van der Waals surface area contributed by atoms with Crippen LogP contribution in [0.5, 0.6) is 0 Å². The van der Waals surface area contributed by atoms with Gasteiger partial charge in [0.2, 0.25) is 5.91 Å². The minimum Gasteiger partial charge on any atom is -0.341 e. The molecule has 3 unspecified atom stereocenters. The van der Waals surface area contributed by atoms with Gasteiger partial charge in [-0.25, -0.2) is 0 Å². The Labute approximate surface area is 156 Å². The van der Waals surface area contributed by atoms with E-state index >= 15 is 0 Å². The van der Waals surface area contributed by atoms with Crippen LogP contribution in [0.1, 0.15) is 30.4 Å². The molecular weight excluding hydrogens is 334 g/mol. The summed E-state index contributed by atoms with van der Waals surface area (Å²) < 4.78 is 0. The molecule has 136 valence electrons. The summed E-state index contributed by atoms with van der Waals surface area (Å²) in [5.74, 6) is 0.687. The maximum atomic E-state index is 13.1. The van der Waals surface area contributed by atoms with Gasteiger partial charge in [0.25, 0.3) is 0 Å². The molecular formula is C20H28ClN3O. The lowest BCUT2D eigenvalue weighted by molar-refractivity contribution is -0.132. The topological polar surface area (TPSA) is 35.6 Å². The Kier molecular flexibility index (Phi) is 4.55. The van der Waals surface area contributed by atoms with Crippen molar-refractivity contribution >= 4 is 18.3 Å². The first-order valence-corrected chi connectivity index (χ1v) is 9.60. The standard InChI is InChI=1S/C20H27N3O.ClH/c24-19(23-10-6-16(14-23)22-11-8-21-9-12-22)18-13-20(18)7-5-15-3-1-2-4-17(15)20;/h1-4,16,18,21H,5-14H2;1H. The van der Waals surface area contributed by atoms with Gasteiger partial charge in [0.1, 0.15) is 0 Å². The van der Waals surface area contributed by atoms with Crippen molar-refractivity contribution in [2.45, 2.75) is 37.1 Å². The highest BCUT2D eigenvalue weighted by molar-refractivity contribution is 5.85. The molecule has 1 saturated carbocycles. The maximum Gasteiger partial charge on any atom is 0.226 e. The fourth-order valence-electron chi connectivity index (χ4n) is 5.43. The summed E-state index contributed by atoms with van der Waals surface area (Å²) in [6.07, 6.45) is 4.57. The molecule has 2 saturated heterocycles. The van der Waals surface area contributed by atoms with Gasteiger partial charge >= 0.3 is 0 Å². The summed E-state index contributed by atoms with van der Waals surface area (Å²) in [6, 6.07) is 9.38. The van der Waals surface area contributed by atoms with Crippen LogP contribution in [0.2, 0.25) is 0 Å². The van der Waals surface area contributed by atoms with Crippen LogP contribution >= 0.6 is 12.4 Å². The van der Waals surface area contributed by atoms with E-state index in [1.54, 1.807) is 0 Å². The Balaban J connectivity index is 0.00000157. The van der Waals surface area contributed by atoms with Gasteiger partial charge in [-0.2, -0.15) is 0 Å². The summed E-state index contributed by atoms with van der Waals surface area (Å²) in [5, 5.41) is 3.42. The first-order chi connectivity index (χ1) is 11.8. The molecule has 0 radical (unpaired) electrons. The largest absolute Gasteiger partial charge is 0.341 e. The fourth-order valence-corrected chi connectivity index (χ4v) is 5.43. The number of rotatable bonds is 2. The van der Waals surface area contributed by atoms with Crippen molar-refractivity contribution in [1.29, 1.82) is 0 Å². The zero-order valence-electron chi connectivity index (χ0n) is 14.7. The Morgan fingerprint density at radius 3 is 2.80 bits per heavy atom. The molecule has 1 amide bonds. The van der Waals surface area contributed by atoms with Crippen molar-refractivity contribution < 1.29 is 4.79 Å². The van der Waals surface area contributed by atoms with Crippen LogP contribution in [0.15, 0.2) is 24.3 Å². The number of carbonyl (C=O) groups is 1. The molecule has 2 aliphatic carbocycles. The number of carbonyl (C=O) groups excluding carboxylic acids is 1. The van der Waals surface area contributed by atoms with Gasteiger partial charge in [0, 0.05) is 56.6 Å². The molecule has 1 aromatic rings. The summed E-state index contributed by atoms with van der Waals surface area (Å²) in [7, 11) is 0. The highest BCUT2D eigenvalue weighted by Gasteiger charge is 2.62. The second-order valence-electron chi connectivity index (χ2n) is 8.08. The quantitative estimate of drug-likeness (QED) is 0.872. The van der Waals surface area contributed by atoms with E-state index < -0.39 is 0 Å². The summed E-state index contributed by atoms with van der Waals surface area (Å²) in [5.41, 5.74) is 3.15. The number of halogens is 1. The van der Waals surface area contributed by atoms with E-state index in [4.69, 9.17) is 0 Å². The molecule has 5 heteroatoms. The van der Waals surface area contributed by atoms with Crippen molar-refractivity contribution in [2.24, 2.45) is 5.92 Å². The normalized spacial score (nSPS) is 34.0. The molecule has 0 bridgehead atoms. The van der Waals surface area contributed by atoms with E-state index in [0.29, 0.717) is 11.9 Å². The highest BCUT2D eigenvalue weighted by atomic mass is 35.5. The van der Waals surface area contributed by atoms with Crippen LogP contribution in [0.3, 0.4) is 0 Å². The molecule has 5 rings (SSSR count). The first-order valence-electron chi connectivity index (χ1n) is 9.60. The lowest BCUT2D eigenvalue weighted by atomic mass is 9.95. The Morgan fingerprint density at radius 1 is 1.16 bits per heavy atom. The third-order valence-electron chi connectivity index (χ3n) is 6.91. The number of aryl methyl sites for hydroxylation is 1. The molecule has 3 fully saturated rings. The van der Waals surface area contributed by atoms with Crippen LogP contribution in [-0.4, -0.2) is 61.0 Å². The van der Waals surface area contributed by atoms with E-state index in [-0.39, 0.29) is 23.7 Å². The van der Waals surface area contributed by atoms with Crippen molar-refractivity contribution in [2.75, 3.05) is 39.3 Å². The van der Waals surface area contributed by atoms with Gasteiger partial charge < -0.3 is 10.2 Å². The van der Waals surface area contributed by atoms with Crippen molar-refractivity contribution in [3.05, 3.63) is 35.4 Å². The molecule has 3 atom stereocenters. The van der Waals surface area contributed by atoms with Crippen LogP contribution in [-0.2, 0) is 16.6 Å². The van der Waals surface area contributed by atoms with E-state index in [2.05, 4.69) is 39.4 Å². The lowest BCUT2D eigenvalue weighted by Crippen LogP contribution is -2.49. The minimum atomic E-state index is 0. The summed E-state index contributed by atoms with van der Waals surface area (Å²) in [4.78, 5) is 17.9. The van der Waals surface area contributed by atoms with Gasteiger partial charge in [0.15, 0.2) is 0 Å². The molecule has 2 aliphatic heterocycles. The molecule has 1 N–H and O–H groups in total. The number of hydrogen-bond acceptors (Lipinski definition) is 3. The van der Waals surface area contributed by atoms with Crippen molar-refractivity contribution in [3.63, 3.8) is 0 Å². The third kappa shape index (κ3) is 2.79.